The molecule has 0 saturated heterocycles. The van der Waals surface area contributed by atoms with E-state index in [9.17, 15) is 0 Å². The molecule has 0 radical (unpaired) electrons. The molecular weight excluding hydrogens is 130 g/mol. The monoisotopic (exact) mass is 147 g/mol. The van der Waals surface area contributed by atoms with Gasteiger partial charge in [-0.05, 0) is 25.4 Å². The van der Waals surface area contributed by atoms with Gasteiger partial charge in [-0.25, -0.2) is 0 Å². The summed E-state index contributed by atoms with van der Waals surface area (Å²) >= 11 is 0. The van der Waals surface area contributed by atoms with Crippen LogP contribution in [-0.4, -0.2) is 36.5 Å². The molecule has 10 heavy (non-hydrogen) atoms. The van der Waals surface area contributed by atoms with E-state index in [0.29, 0.717) is 5.92 Å². The first-order valence-corrected chi connectivity index (χ1v) is 3.73. The van der Waals surface area contributed by atoms with Crippen LogP contribution in [0.5, 0.6) is 0 Å². The second-order valence-electron chi connectivity index (χ2n) is 2.57. The Morgan fingerprint density at radius 1 is 1.40 bits per heavy atom. The first-order chi connectivity index (χ1) is 4.81. The van der Waals surface area contributed by atoms with Gasteiger partial charge >= 0.3 is 0 Å². The largest absolute Gasteiger partial charge is 0.396 e. The molecule has 0 fully saturated rings. The molecule has 0 aromatic rings. The highest BCUT2D eigenvalue weighted by Gasteiger charge is 1.96. The van der Waals surface area contributed by atoms with Crippen LogP contribution in [0.2, 0.25) is 0 Å². The van der Waals surface area contributed by atoms with E-state index in [2.05, 4.69) is 5.32 Å². The lowest BCUT2D eigenvalue weighted by molar-refractivity contribution is 0.231. The van der Waals surface area contributed by atoms with Gasteiger partial charge in [-0.3, -0.25) is 0 Å². The fourth-order valence-corrected chi connectivity index (χ4v) is 0.617. The molecule has 0 spiro atoms. The third-order valence-corrected chi connectivity index (χ3v) is 1.32. The molecule has 0 bridgehead atoms. The fraction of sp³-hybridized carbons (Fsp3) is 1.00. The minimum atomic E-state index is 0.228. The zero-order valence-corrected chi connectivity index (χ0v) is 6.51. The summed E-state index contributed by atoms with van der Waals surface area (Å²) in [5.41, 5.74) is 0. The molecule has 0 aromatic heterocycles. The SMILES string of the molecule is CC(CO)CNCCCO. The van der Waals surface area contributed by atoms with Crippen LogP contribution in [0.15, 0.2) is 0 Å². The molecule has 1 unspecified atom stereocenters. The summed E-state index contributed by atoms with van der Waals surface area (Å²) in [4.78, 5) is 0. The van der Waals surface area contributed by atoms with Gasteiger partial charge in [0.25, 0.3) is 0 Å². The summed E-state index contributed by atoms with van der Waals surface area (Å²) in [6.07, 6.45) is 0.790. The smallest absolute Gasteiger partial charge is 0.0468 e. The van der Waals surface area contributed by atoms with E-state index in [1.54, 1.807) is 0 Å². The van der Waals surface area contributed by atoms with E-state index in [1.165, 1.54) is 0 Å². The Bertz CT molecular complexity index is 68.6. The molecule has 0 aliphatic rings. The van der Waals surface area contributed by atoms with Gasteiger partial charge in [-0.15, -0.1) is 0 Å². The highest BCUT2D eigenvalue weighted by molar-refractivity contribution is 4.54. The first-order valence-electron chi connectivity index (χ1n) is 3.73. The Morgan fingerprint density at radius 3 is 2.60 bits per heavy atom. The van der Waals surface area contributed by atoms with Gasteiger partial charge in [-0.1, -0.05) is 6.92 Å². The third kappa shape index (κ3) is 6.01. The molecule has 3 heteroatoms. The molecule has 0 amide bonds. The fourth-order valence-electron chi connectivity index (χ4n) is 0.617. The summed E-state index contributed by atoms with van der Waals surface area (Å²) in [7, 11) is 0. The van der Waals surface area contributed by atoms with Crippen LogP contribution >= 0.6 is 0 Å². The summed E-state index contributed by atoms with van der Waals surface area (Å²) in [6, 6.07) is 0. The van der Waals surface area contributed by atoms with Crippen molar-refractivity contribution in [1.82, 2.24) is 5.32 Å². The Hall–Kier alpha value is -0.120. The summed E-state index contributed by atoms with van der Waals surface area (Å²) in [6.45, 7) is 4.11. The maximum atomic E-state index is 8.60. The van der Waals surface area contributed by atoms with E-state index in [-0.39, 0.29) is 13.2 Å². The Morgan fingerprint density at radius 2 is 2.10 bits per heavy atom. The Labute approximate surface area is 62.1 Å². The van der Waals surface area contributed by atoms with Crippen molar-refractivity contribution in [2.45, 2.75) is 13.3 Å². The predicted octanol–water partition coefficient (Wildman–Crippen LogP) is -0.413. The predicted molar refractivity (Wildman–Crippen MR) is 40.8 cm³/mol. The van der Waals surface area contributed by atoms with Gasteiger partial charge in [0, 0.05) is 13.2 Å². The molecule has 0 heterocycles. The Balaban J connectivity index is 2.89. The standard InChI is InChI=1S/C7H17NO2/c1-7(6-10)5-8-3-2-4-9/h7-10H,2-6H2,1H3. The molecule has 62 valence electrons. The zero-order valence-electron chi connectivity index (χ0n) is 6.51. The lowest BCUT2D eigenvalue weighted by Crippen LogP contribution is -2.24. The second-order valence-corrected chi connectivity index (χ2v) is 2.57. The summed E-state index contributed by atoms with van der Waals surface area (Å²) in [5.74, 6) is 0.318. The third-order valence-electron chi connectivity index (χ3n) is 1.32. The summed E-state index contributed by atoms with van der Waals surface area (Å²) < 4.78 is 0. The van der Waals surface area contributed by atoms with Crippen molar-refractivity contribution in [3.8, 4) is 0 Å². The van der Waals surface area contributed by atoms with Gasteiger partial charge in [0.15, 0.2) is 0 Å². The topological polar surface area (TPSA) is 52.5 Å². The molecule has 0 aromatic carbocycles. The van der Waals surface area contributed by atoms with Crippen LogP contribution in [0, 0.1) is 5.92 Å². The quantitative estimate of drug-likeness (QED) is 0.447. The average Bonchev–Trinajstić information content (AvgIpc) is 1.98. The summed E-state index contributed by atoms with van der Waals surface area (Å²) in [5, 5.41) is 20.1. The lowest BCUT2D eigenvalue weighted by Gasteiger charge is -2.07. The zero-order chi connectivity index (χ0) is 7.82. The van der Waals surface area contributed by atoms with Gasteiger partial charge < -0.3 is 15.5 Å². The van der Waals surface area contributed by atoms with Crippen molar-refractivity contribution in [1.29, 1.82) is 0 Å². The molecule has 3 nitrogen and oxygen atoms in total. The van der Waals surface area contributed by atoms with Crippen molar-refractivity contribution in [2.75, 3.05) is 26.3 Å². The van der Waals surface area contributed by atoms with E-state index in [0.717, 1.165) is 19.5 Å². The van der Waals surface area contributed by atoms with E-state index >= 15 is 0 Å². The van der Waals surface area contributed by atoms with Crippen molar-refractivity contribution in [2.24, 2.45) is 5.92 Å². The minimum Gasteiger partial charge on any atom is -0.396 e. The van der Waals surface area contributed by atoms with Gasteiger partial charge in [0.05, 0.1) is 0 Å². The maximum Gasteiger partial charge on any atom is 0.0468 e. The van der Waals surface area contributed by atoms with Crippen molar-refractivity contribution in [3.05, 3.63) is 0 Å². The molecule has 0 aliphatic carbocycles. The molecule has 0 aliphatic heterocycles. The van der Waals surface area contributed by atoms with Gasteiger partial charge in [-0.2, -0.15) is 0 Å². The minimum absolute atomic E-state index is 0.228. The van der Waals surface area contributed by atoms with Crippen LogP contribution in [0.4, 0.5) is 0 Å². The van der Waals surface area contributed by atoms with Gasteiger partial charge in [0.1, 0.15) is 0 Å². The Kier molecular flexibility index (Phi) is 6.91. The van der Waals surface area contributed by atoms with Crippen molar-refractivity contribution >= 4 is 0 Å². The molecular formula is C7H17NO2. The average molecular weight is 147 g/mol. The van der Waals surface area contributed by atoms with Gasteiger partial charge in [0.2, 0.25) is 0 Å². The van der Waals surface area contributed by atoms with Crippen LogP contribution in [-0.2, 0) is 0 Å². The van der Waals surface area contributed by atoms with Crippen molar-refractivity contribution < 1.29 is 10.2 Å². The second kappa shape index (κ2) is 6.99. The number of nitrogens with one attached hydrogen (secondary N) is 1. The van der Waals surface area contributed by atoms with E-state index < -0.39 is 0 Å². The van der Waals surface area contributed by atoms with Crippen molar-refractivity contribution in [3.63, 3.8) is 0 Å². The van der Waals surface area contributed by atoms with E-state index in [4.69, 9.17) is 10.2 Å². The molecule has 3 N–H and O–H groups in total. The maximum absolute atomic E-state index is 8.60. The van der Waals surface area contributed by atoms with Crippen LogP contribution in [0.3, 0.4) is 0 Å². The number of hydrogen-bond acceptors (Lipinski definition) is 3. The normalized spacial score (nSPS) is 13.5. The van der Waals surface area contributed by atoms with Crippen LogP contribution in [0.1, 0.15) is 13.3 Å². The lowest BCUT2D eigenvalue weighted by atomic mass is 10.2. The van der Waals surface area contributed by atoms with Crippen LogP contribution < -0.4 is 5.32 Å². The number of rotatable bonds is 6. The first kappa shape index (κ1) is 9.88. The molecule has 0 rings (SSSR count). The number of aliphatic hydroxyl groups is 2. The molecule has 0 saturated carbocycles. The van der Waals surface area contributed by atoms with Crippen LogP contribution in [0.25, 0.3) is 0 Å². The highest BCUT2D eigenvalue weighted by Crippen LogP contribution is 1.87. The molecule has 1 atom stereocenters. The van der Waals surface area contributed by atoms with E-state index in [1.807, 2.05) is 6.92 Å². The number of aliphatic hydroxyl groups excluding tert-OH is 2. The highest BCUT2D eigenvalue weighted by atomic mass is 16.3. The number of hydrogen-bond donors (Lipinski definition) is 3.